The number of thioether (sulfide) groups is 1. The summed E-state index contributed by atoms with van der Waals surface area (Å²) in [6.07, 6.45) is 4.19. The van der Waals surface area contributed by atoms with Crippen LogP contribution in [0.25, 0.3) is 0 Å². The van der Waals surface area contributed by atoms with Gasteiger partial charge in [-0.05, 0) is 42.3 Å². The summed E-state index contributed by atoms with van der Waals surface area (Å²) in [6.45, 7) is 0.535. The molecular formula is C17H18FN3O2S. The van der Waals surface area contributed by atoms with Crippen molar-refractivity contribution in [3.63, 3.8) is 0 Å². The molecule has 0 saturated carbocycles. The van der Waals surface area contributed by atoms with Crippen LogP contribution >= 0.6 is 11.8 Å². The monoisotopic (exact) mass is 347 g/mol. The molecule has 0 radical (unpaired) electrons. The van der Waals surface area contributed by atoms with Crippen LogP contribution in [0.3, 0.4) is 0 Å². The van der Waals surface area contributed by atoms with E-state index in [2.05, 4.69) is 15.6 Å². The van der Waals surface area contributed by atoms with E-state index in [-0.39, 0.29) is 29.1 Å². The molecule has 0 aliphatic carbocycles. The van der Waals surface area contributed by atoms with E-state index in [4.69, 9.17) is 0 Å². The van der Waals surface area contributed by atoms with E-state index in [0.29, 0.717) is 12.2 Å². The Bertz CT molecular complexity index is 665. The Morgan fingerprint density at radius 3 is 2.54 bits per heavy atom. The van der Waals surface area contributed by atoms with E-state index < -0.39 is 0 Å². The van der Waals surface area contributed by atoms with Gasteiger partial charge in [0.25, 0.3) is 0 Å². The molecule has 5 nitrogen and oxygen atoms in total. The van der Waals surface area contributed by atoms with Crippen LogP contribution in [-0.4, -0.2) is 34.8 Å². The van der Waals surface area contributed by atoms with Crippen molar-refractivity contribution in [3.05, 3.63) is 60.2 Å². The van der Waals surface area contributed by atoms with E-state index in [1.807, 2.05) is 12.1 Å². The molecule has 1 aromatic heterocycles. The lowest BCUT2D eigenvalue weighted by Gasteiger charge is -2.06. The van der Waals surface area contributed by atoms with Crippen LogP contribution in [0.1, 0.15) is 5.56 Å². The zero-order valence-corrected chi connectivity index (χ0v) is 13.8. The first-order chi connectivity index (χ1) is 11.6. The first-order valence-corrected chi connectivity index (χ1v) is 8.58. The van der Waals surface area contributed by atoms with Crippen LogP contribution in [0, 0.1) is 5.82 Å². The van der Waals surface area contributed by atoms with Gasteiger partial charge in [0.2, 0.25) is 11.8 Å². The number of nitrogens with zero attached hydrogens (tertiary/aromatic N) is 1. The molecule has 0 fully saturated rings. The van der Waals surface area contributed by atoms with Gasteiger partial charge in [-0.3, -0.25) is 14.6 Å². The van der Waals surface area contributed by atoms with Gasteiger partial charge in [0.15, 0.2) is 0 Å². The third kappa shape index (κ3) is 6.78. The molecule has 1 heterocycles. The second kappa shape index (κ2) is 9.67. The van der Waals surface area contributed by atoms with Crippen molar-refractivity contribution >= 4 is 29.3 Å². The molecule has 0 atom stereocenters. The fourth-order valence-electron chi connectivity index (χ4n) is 1.91. The second-order valence-electron chi connectivity index (χ2n) is 5.01. The largest absolute Gasteiger partial charge is 0.355 e. The molecule has 24 heavy (non-hydrogen) atoms. The molecule has 0 bridgehead atoms. The van der Waals surface area contributed by atoms with Crippen molar-refractivity contribution in [2.45, 2.75) is 6.42 Å². The van der Waals surface area contributed by atoms with Crippen molar-refractivity contribution in [2.75, 3.05) is 23.4 Å². The van der Waals surface area contributed by atoms with Gasteiger partial charge in [-0.1, -0.05) is 6.07 Å². The Kier molecular flexibility index (Phi) is 7.22. The molecule has 0 unspecified atom stereocenters. The highest BCUT2D eigenvalue weighted by molar-refractivity contribution is 8.00. The predicted octanol–water partition coefficient (Wildman–Crippen LogP) is 2.25. The molecule has 2 N–H and O–H groups in total. The number of aromatic nitrogens is 1. The van der Waals surface area contributed by atoms with Crippen LogP contribution in [0.2, 0.25) is 0 Å². The number of pyridine rings is 1. The average Bonchev–Trinajstić information content (AvgIpc) is 2.58. The highest BCUT2D eigenvalue weighted by Crippen LogP contribution is 2.09. The van der Waals surface area contributed by atoms with E-state index in [9.17, 15) is 14.0 Å². The summed E-state index contributed by atoms with van der Waals surface area (Å²) in [7, 11) is 0. The molecule has 2 amide bonds. The molecule has 2 rings (SSSR count). The highest BCUT2D eigenvalue weighted by atomic mass is 32.2. The minimum atomic E-state index is -0.356. The van der Waals surface area contributed by atoms with Crippen LogP contribution < -0.4 is 10.6 Å². The van der Waals surface area contributed by atoms with E-state index in [1.165, 1.54) is 36.0 Å². The number of benzene rings is 1. The van der Waals surface area contributed by atoms with Crippen LogP contribution in [-0.2, 0) is 16.0 Å². The molecule has 0 saturated heterocycles. The highest BCUT2D eigenvalue weighted by Gasteiger charge is 2.06. The Morgan fingerprint density at radius 2 is 1.83 bits per heavy atom. The summed E-state index contributed by atoms with van der Waals surface area (Å²) >= 11 is 1.23. The van der Waals surface area contributed by atoms with Crippen LogP contribution in [0.4, 0.5) is 10.1 Å². The van der Waals surface area contributed by atoms with Gasteiger partial charge in [0.1, 0.15) is 5.82 Å². The average molecular weight is 347 g/mol. The van der Waals surface area contributed by atoms with Crippen molar-refractivity contribution < 1.29 is 14.0 Å². The zero-order chi connectivity index (χ0) is 17.2. The summed E-state index contributed by atoms with van der Waals surface area (Å²) in [6, 6.07) is 9.34. The van der Waals surface area contributed by atoms with Crippen molar-refractivity contribution in [2.24, 2.45) is 0 Å². The van der Waals surface area contributed by atoms with Crippen molar-refractivity contribution in [1.29, 1.82) is 0 Å². The Morgan fingerprint density at radius 1 is 1.08 bits per heavy atom. The summed E-state index contributed by atoms with van der Waals surface area (Å²) < 4.78 is 12.8. The number of hydrogen-bond acceptors (Lipinski definition) is 4. The fraction of sp³-hybridized carbons (Fsp3) is 0.235. The molecule has 126 valence electrons. The van der Waals surface area contributed by atoms with Gasteiger partial charge in [-0.2, -0.15) is 0 Å². The fourth-order valence-corrected chi connectivity index (χ4v) is 2.56. The third-order valence-electron chi connectivity index (χ3n) is 3.05. The van der Waals surface area contributed by atoms with Crippen LogP contribution in [0.15, 0.2) is 48.8 Å². The number of anilines is 1. The number of halogens is 1. The maximum absolute atomic E-state index is 12.8. The number of rotatable bonds is 8. The van der Waals surface area contributed by atoms with E-state index >= 15 is 0 Å². The van der Waals surface area contributed by atoms with Crippen LogP contribution in [0.5, 0.6) is 0 Å². The van der Waals surface area contributed by atoms with Crippen molar-refractivity contribution in [3.8, 4) is 0 Å². The minimum Gasteiger partial charge on any atom is -0.355 e. The Hall–Kier alpha value is -2.41. The maximum atomic E-state index is 12.8. The predicted molar refractivity (Wildman–Crippen MR) is 93.3 cm³/mol. The smallest absolute Gasteiger partial charge is 0.234 e. The van der Waals surface area contributed by atoms with Gasteiger partial charge in [0.05, 0.1) is 11.5 Å². The lowest BCUT2D eigenvalue weighted by atomic mass is 10.2. The zero-order valence-electron chi connectivity index (χ0n) is 13.0. The second-order valence-corrected chi connectivity index (χ2v) is 5.99. The van der Waals surface area contributed by atoms with Gasteiger partial charge >= 0.3 is 0 Å². The number of carbonyl (C=O) groups is 2. The molecule has 2 aromatic rings. The summed E-state index contributed by atoms with van der Waals surface area (Å²) in [5.74, 6) is -0.323. The Labute approximate surface area is 144 Å². The number of carbonyl (C=O) groups excluding carboxylic acids is 2. The van der Waals surface area contributed by atoms with Gasteiger partial charge in [0, 0.05) is 24.6 Å². The van der Waals surface area contributed by atoms with Gasteiger partial charge in [-0.15, -0.1) is 11.8 Å². The van der Waals surface area contributed by atoms with E-state index in [0.717, 1.165) is 12.0 Å². The molecule has 0 spiro atoms. The number of amides is 2. The standard InChI is InChI=1S/C17H18FN3O2S/c18-14-3-5-15(6-4-14)21-17(23)12-24-11-16(22)20-9-7-13-2-1-8-19-10-13/h1-6,8,10H,7,9,11-12H2,(H,20,22)(H,21,23). The summed E-state index contributed by atoms with van der Waals surface area (Å²) in [5.41, 5.74) is 1.59. The maximum Gasteiger partial charge on any atom is 0.234 e. The third-order valence-corrected chi connectivity index (χ3v) is 3.99. The summed E-state index contributed by atoms with van der Waals surface area (Å²) in [4.78, 5) is 27.4. The summed E-state index contributed by atoms with van der Waals surface area (Å²) in [5, 5.41) is 5.44. The van der Waals surface area contributed by atoms with E-state index in [1.54, 1.807) is 12.4 Å². The van der Waals surface area contributed by atoms with Gasteiger partial charge in [-0.25, -0.2) is 4.39 Å². The normalized spacial score (nSPS) is 10.2. The number of nitrogens with one attached hydrogen (secondary N) is 2. The molecular weight excluding hydrogens is 329 g/mol. The SMILES string of the molecule is O=C(CSCC(=O)Nc1ccc(F)cc1)NCCc1cccnc1. The lowest BCUT2D eigenvalue weighted by molar-refractivity contribution is -0.118. The first kappa shape index (κ1) is 17.9. The number of hydrogen-bond donors (Lipinski definition) is 2. The lowest BCUT2D eigenvalue weighted by Crippen LogP contribution is -2.28. The molecule has 0 aliphatic rings. The first-order valence-electron chi connectivity index (χ1n) is 7.42. The Balaban J connectivity index is 1.58. The minimum absolute atomic E-state index is 0.113. The van der Waals surface area contributed by atoms with Crippen molar-refractivity contribution in [1.82, 2.24) is 10.3 Å². The quantitative estimate of drug-likeness (QED) is 0.768. The molecule has 1 aromatic carbocycles. The topological polar surface area (TPSA) is 71.1 Å². The molecule has 7 heteroatoms. The van der Waals surface area contributed by atoms with Gasteiger partial charge < -0.3 is 10.6 Å². The molecule has 0 aliphatic heterocycles.